The maximum Gasteiger partial charge on any atom is 0.0582 e. The van der Waals surface area contributed by atoms with Gasteiger partial charge in [0.25, 0.3) is 0 Å². The van der Waals surface area contributed by atoms with Gasteiger partial charge in [-0.2, -0.15) is 0 Å². The Morgan fingerprint density at radius 1 is 1.09 bits per heavy atom. The van der Waals surface area contributed by atoms with Crippen molar-refractivity contribution < 1.29 is 5.11 Å². The average molecular weight is 284 g/mol. The predicted molar refractivity (Wildman–Crippen MR) is 52.3 cm³/mol. The van der Waals surface area contributed by atoms with E-state index in [-0.39, 0.29) is 6.10 Å². The minimum Gasteiger partial charge on any atom is -0.393 e. The fourth-order valence-corrected chi connectivity index (χ4v) is 4.28. The van der Waals surface area contributed by atoms with Crippen molar-refractivity contribution in [2.24, 2.45) is 11.8 Å². The third kappa shape index (κ3) is 1.29. The smallest absolute Gasteiger partial charge is 0.0582 e. The summed E-state index contributed by atoms with van der Waals surface area (Å²) in [6, 6.07) is 0. The molecule has 5 atom stereocenters. The standard InChI is InChI=1S/C8H12Br2O/c9-7-4-1-2-5(8(7)10)6(11)3-4/h4-8,11H,1-3H2. The lowest BCUT2D eigenvalue weighted by Gasteiger charge is -2.46. The van der Waals surface area contributed by atoms with Crippen molar-refractivity contribution in [2.45, 2.75) is 35.0 Å². The van der Waals surface area contributed by atoms with Crippen LogP contribution in [0, 0.1) is 11.8 Å². The van der Waals surface area contributed by atoms with Crippen molar-refractivity contribution in [3.05, 3.63) is 0 Å². The normalized spacial score (nSPS) is 56.5. The highest BCUT2D eigenvalue weighted by Crippen LogP contribution is 2.47. The van der Waals surface area contributed by atoms with Gasteiger partial charge in [-0.05, 0) is 31.1 Å². The first-order valence-corrected chi connectivity index (χ1v) is 5.99. The van der Waals surface area contributed by atoms with Crippen LogP contribution in [0.2, 0.25) is 0 Å². The molecule has 0 saturated heterocycles. The Morgan fingerprint density at radius 2 is 1.82 bits per heavy atom. The van der Waals surface area contributed by atoms with E-state index in [1.807, 2.05) is 0 Å². The van der Waals surface area contributed by atoms with Crippen LogP contribution in [0.1, 0.15) is 19.3 Å². The Balaban J connectivity index is 2.16. The van der Waals surface area contributed by atoms with Gasteiger partial charge in [0.15, 0.2) is 0 Å². The molecule has 2 bridgehead atoms. The number of aliphatic hydroxyl groups excluding tert-OH is 1. The maximum atomic E-state index is 9.64. The van der Waals surface area contributed by atoms with Crippen LogP contribution in [0.4, 0.5) is 0 Å². The Kier molecular flexibility index (Phi) is 2.32. The molecule has 3 aliphatic rings. The maximum absolute atomic E-state index is 9.64. The fraction of sp³-hybridized carbons (Fsp3) is 1.00. The quantitative estimate of drug-likeness (QED) is 0.677. The van der Waals surface area contributed by atoms with Crippen LogP contribution >= 0.6 is 31.9 Å². The summed E-state index contributed by atoms with van der Waals surface area (Å²) in [5, 5.41) is 9.64. The van der Waals surface area contributed by atoms with Gasteiger partial charge in [0.05, 0.1) is 6.10 Å². The molecule has 1 nitrogen and oxygen atoms in total. The van der Waals surface area contributed by atoms with Crippen molar-refractivity contribution in [1.29, 1.82) is 0 Å². The molecule has 0 aromatic heterocycles. The molecule has 3 aliphatic carbocycles. The van der Waals surface area contributed by atoms with Gasteiger partial charge in [0, 0.05) is 9.65 Å². The summed E-state index contributed by atoms with van der Waals surface area (Å²) in [6.45, 7) is 0. The molecular weight excluding hydrogens is 272 g/mol. The van der Waals surface area contributed by atoms with Gasteiger partial charge in [-0.15, -0.1) is 0 Å². The van der Waals surface area contributed by atoms with Gasteiger partial charge in [-0.1, -0.05) is 31.9 Å². The first-order chi connectivity index (χ1) is 5.20. The van der Waals surface area contributed by atoms with E-state index >= 15 is 0 Å². The summed E-state index contributed by atoms with van der Waals surface area (Å²) in [7, 11) is 0. The zero-order chi connectivity index (χ0) is 8.01. The van der Waals surface area contributed by atoms with E-state index in [1.165, 1.54) is 12.8 Å². The van der Waals surface area contributed by atoms with Gasteiger partial charge in [-0.3, -0.25) is 0 Å². The summed E-state index contributed by atoms with van der Waals surface area (Å²) in [5.41, 5.74) is 0. The first-order valence-electron chi connectivity index (χ1n) is 4.16. The highest BCUT2D eigenvalue weighted by molar-refractivity contribution is 9.12. The SMILES string of the molecule is OC1CC2CCC1C(Br)C2Br. The average Bonchev–Trinajstić information content (AvgIpc) is 1.99. The van der Waals surface area contributed by atoms with E-state index in [4.69, 9.17) is 0 Å². The highest BCUT2D eigenvalue weighted by atomic mass is 79.9. The van der Waals surface area contributed by atoms with Crippen LogP contribution in [0.3, 0.4) is 0 Å². The van der Waals surface area contributed by atoms with Crippen LogP contribution < -0.4 is 0 Å². The van der Waals surface area contributed by atoms with Crippen LogP contribution in [0.5, 0.6) is 0 Å². The minimum atomic E-state index is -0.0491. The largest absolute Gasteiger partial charge is 0.393 e. The van der Waals surface area contributed by atoms with Crippen molar-refractivity contribution in [2.75, 3.05) is 0 Å². The molecule has 3 rings (SSSR count). The Morgan fingerprint density at radius 3 is 2.27 bits per heavy atom. The fourth-order valence-electron chi connectivity index (χ4n) is 2.36. The molecule has 3 heteroatoms. The van der Waals surface area contributed by atoms with E-state index < -0.39 is 0 Å². The van der Waals surface area contributed by atoms with Gasteiger partial charge in [0.1, 0.15) is 0 Å². The first kappa shape index (κ1) is 8.52. The number of alkyl halides is 2. The molecule has 1 N–H and O–H groups in total. The summed E-state index contributed by atoms with van der Waals surface area (Å²) in [6.07, 6.45) is 3.44. The van der Waals surface area contributed by atoms with Gasteiger partial charge in [0.2, 0.25) is 0 Å². The Bertz CT molecular complexity index is 160. The molecular formula is C8H12Br2O. The molecule has 0 heterocycles. The highest BCUT2D eigenvalue weighted by Gasteiger charge is 2.45. The Labute approximate surface area is 83.8 Å². The Hall–Kier alpha value is 0.920. The second kappa shape index (κ2) is 3.00. The molecule has 3 fully saturated rings. The van der Waals surface area contributed by atoms with Crippen molar-refractivity contribution >= 4 is 31.9 Å². The lowest BCUT2D eigenvalue weighted by atomic mass is 9.69. The van der Waals surface area contributed by atoms with Crippen LogP contribution in [-0.4, -0.2) is 20.9 Å². The molecule has 5 unspecified atom stereocenters. The van der Waals surface area contributed by atoms with Crippen LogP contribution in [0.25, 0.3) is 0 Å². The summed E-state index contributed by atoms with van der Waals surface area (Å²) < 4.78 is 0. The molecule has 0 radical (unpaired) electrons. The number of hydrogen-bond donors (Lipinski definition) is 1. The third-order valence-electron chi connectivity index (χ3n) is 3.07. The molecule has 0 aromatic rings. The predicted octanol–water partition coefficient (Wildman–Crippen LogP) is 2.30. The summed E-state index contributed by atoms with van der Waals surface area (Å²) in [5.74, 6) is 1.18. The van der Waals surface area contributed by atoms with Gasteiger partial charge >= 0.3 is 0 Å². The third-order valence-corrected chi connectivity index (χ3v) is 6.35. The van der Waals surface area contributed by atoms with E-state index in [9.17, 15) is 5.11 Å². The van der Waals surface area contributed by atoms with E-state index in [1.54, 1.807) is 0 Å². The number of halogens is 2. The van der Waals surface area contributed by atoms with Gasteiger partial charge in [-0.25, -0.2) is 0 Å². The molecule has 0 amide bonds. The lowest BCUT2D eigenvalue weighted by molar-refractivity contribution is 0.0132. The van der Waals surface area contributed by atoms with Crippen molar-refractivity contribution in [3.8, 4) is 0 Å². The summed E-state index contributed by atoms with van der Waals surface area (Å²) in [4.78, 5) is 1.08. The van der Waals surface area contributed by atoms with Crippen molar-refractivity contribution in [3.63, 3.8) is 0 Å². The zero-order valence-corrected chi connectivity index (χ0v) is 9.38. The minimum absolute atomic E-state index is 0.0491. The molecule has 0 aliphatic heterocycles. The summed E-state index contributed by atoms with van der Waals surface area (Å²) >= 11 is 7.32. The number of aliphatic hydroxyl groups is 1. The number of fused-ring (bicyclic) bond motifs is 3. The van der Waals surface area contributed by atoms with Gasteiger partial charge < -0.3 is 5.11 Å². The molecule has 0 aromatic carbocycles. The van der Waals surface area contributed by atoms with E-state index in [2.05, 4.69) is 31.9 Å². The van der Waals surface area contributed by atoms with Crippen LogP contribution in [-0.2, 0) is 0 Å². The van der Waals surface area contributed by atoms with Crippen LogP contribution in [0.15, 0.2) is 0 Å². The molecule has 11 heavy (non-hydrogen) atoms. The second-order valence-electron chi connectivity index (χ2n) is 3.69. The topological polar surface area (TPSA) is 20.2 Å². The van der Waals surface area contributed by atoms with E-state index in [0.29, 0.717) is 21.5 Å². The van der Waals surface area contributed by atoms with Crippen molar-refractivity contribution in [1.82, 2.24) is 0 Å². The number of hydrogen-bond acceptors (Lipinski definition) is 1. The monoisotopic (exact) mass is 282 g/mol. The lowest BCUT2D eigenvalue weighted by Crippen LogP contribution is -2.49. The van der Waals surface area contributed by atoms with E-state index in [0.717, 1.165) is 6.42 Å². The molecule has 64 valence electrons. The molecule has 3 saturated carbocycles. The molecule has 0 spiro atoms. The number of rotatable bonds is 0. The zero-order valence-electron chi connectivity index (χ0n) is 6.21. The second-order valence-corrected chi connectivity index (χ2v) is 5.81.